The second-order valence-electron chi connectivity index (χ2n) is 12.9. The number of phenols is 2. The summed E-state index contributed by atoms with van der Waals surface area (Å²) in [6, 6.07) is 8.69. The Morgan fingerprint density at radius 3 is 1.09 bits per heavy atom. The number of hydrogen-bond acceptors (Lipinski definition) is 3. The standard InChI is InChI=1S/C28H42O2SSe/c1-25(2,3)19-13-17(14-20(23(19)29)26(4,5)6)31-32-18-15-21(27(7,8)9)24(30)22(16-18)28(10,11)12/h13-16,29-30H,1-12H3. The van der Waals surface area contributed by atoms with Crippen molar-refractivity contribution in [3.8, 4) is 11.5 Å². The minimum absolute atomic E-state index is 0.127. The molecule has 0 spiro atoms. The molecule has 0 aliphatic heterocycles. The van der Waals surface area contributed by atoms with Gasteiger partial charge in [0.05, 0.1) is 0 Å². The first-order chi connectivity index (χ1) is 14.2. The van der Waals surface area contributed by atoms with Crippen LogP contribution in [0.15, 0.2) is 29.2 Å². The summed E-state index contributed by atoms with van der Waals surface area (Å²) >= 11 is 0.134. The van der Waals surface area contributed by atoms with Crippen LogP contribution in [0.25, 0.3) is 0 Å². The second kappa shape index (κ2) is 8.93. The number of rotatable bonds is 3. The summed E-state index contributed by atoms with van der Waals surface area (Å²) < 4.78 is 1.28. The van der Waals surface area contributed by atoms with E-state index in [-0.39, 0.29) is 35.5 Å². The molecule has 0 saturated carbocycles. The summed E-state index contributed by atoms with van der Waals surface area (Å²) in [6.45, 7) is 25.9. The van der Waals surface area contributed by atoms with E-state index in [4.69, 9.17) is 0 Å². The van der Waals surface area contributed by atoms with Crippen molar-refractivity contribution in [1.82, 2.24) is 0 Å². The Balaban J connectivity index is 2.55. The van der Waals surface area contributed by atoms with Crippen molar-refractivity contribution < 1.29 is 10.2 Å². The SMILES string of the molecule is CC(C)(C)c1cc(S[Se]c2cc(C(C)(C)C)c(O)c(C(C)(C)C)c2)cc(C(C)(C)C)c1O. The van der Waals surface area contributed by atoms with Crippen molar-refractivity contribution in [2.75, 3.05) is 0 Å². The normalized spacial score (nSPS) is 13.5. The summed E-state index contributed by atoms with van der Waals surface area (Å²) in [6.07, 6.45) is 0. The number of benzene rings is 2. The Morgan fingerprint density at radius 1 is 0.531 bits per heavy atom. The molecular weight excluding hydrogens is 479 g/mol. The molecule has 0 amide bonds. The summed E-state index contributed by atoms with van der Waals surface area (Å²) in [7, 11) is 1.86. The van der Waals surface area contributed by atoms with Crippen LogP contribution in [0.2, 0.25) is 0 Å². The molecule has 2 rings (SSSR count). The van der Waals surface area contributed by atoms with Gasteiger partial charge in [-0.15, -0.1) is 0 Å². The van der Waals surface area contributed by atoms with E-state index in [9.17, 15) is 10.2 Å². The van der Waals surface area contributed by atoms with Crippen molar-refractivity contribution in [3.05, 3.63) is 46.5 Å². The molecule has 0 aromatic heterocycles. The van der Waals surface area contributed by atoms with Gasteiger partial charge in [0.1, 0.15) is 0 Å². The van der Waals surface area contributed by atoms with Gasteiger partial charge in [0, 0.05) is 0 Å². The number of hydrogen-bond donors (Lipinski definition) is 2. The van der Waals surface area contributed by atoms with E-state index in [1.807, 2.05) is 10.2 Å². The van der Waals surface area contributed by atoms with E-state index in [0.29, 0.717) is 11.5 Å². The summed E-state index contributed by atoms with van der Waals surface area (Å²) in [5.41, 5.74) is 3.50. The molecule has 0 saturated heterocycles. The molecule has 2 nitrogen and oxygen atoms in total. The first-order valence-electron chi connectivity index (χ1n) is 11.3. The molecule has 2 aromatic rings. The van der Waals surface area contributed by atoms with E-state index in [0.717, 1.165) is 22.3 Å². The summed E-state index contributed by atoms with van der Waals surface area (Å²) in [5.74, 6) is 0.862. The van der Waals surface area contributed by atoms with Gasteiger partial charge in [-0.3, -0.25) is 0 Å². The number of phenolic OH excluding ortho intramolecular Hbond substituents is 2. The quantitative estimate of drug-likeness (QED) is 0.416. The maximum absolute atomic E-state index is 11.0. The Kier molecular flexibility index (Phi) is 7.58. The molecular formula is C28H42O2SSe. The van der Waals surface area contributed by atoms with Crippen LogP contribution >= 0.6 is 10.2 Å². The van der Waals surface area contributed by atoms with Gasteiger partial charge in [-0.25, -0.2) is 0 Å². The van der Waals surface area contributed by atoms with Crippen molar-refractivity contribution in [2.24, 2.45) is 0 Å². The molecule has 0 heterocycles. The first kappa shape index (κ1) is 27.2. The van der Waals surface area contributed by atoms with Gasteiger partial charge in [0.15, 0.2) is 0 Å². The van der Waals surface area contributed by atoms with Gasteiger partial charge < -0.3 is 0 Å². The zero-order chi connectivity index (χ0) is 24.9. The van der Waals surface area contributed by atoms with Gasteiger partial charge in [-0.05, 0) is 0 Å². The van der Waals surface area contributed by atoms with Gasteiger partial charge in [-0.2, -0.15) is 0 Å². The Labute approximate surface area is 205 Å². The predicted molar refractivity (Wildman–Crippen MR) is 142 cm³/mol. The van der Waals surface area contributed by atoms with Crippen LogP contribution < -0.4 is 4.46 Å². The zero-order valence-electron chi connectivity index (χ0n) is 22.0. The molecule has 0 bridgehead atoms. The third-order valence-corrected chi connectivity index (χ3v) is 9.78. The monoisotopic (exact) mass is 522 g/mol. The molecule has 0 unspecified atom stereocenters. The van der Waals surface area contributed by atoms with E-state index in [1.165, 1.54) is 9.36 Å². The maximum atomic E-state index is 11.0. The fraction of sp³-hybridized carbons (Fsp3) is 0.571. The van der Waals surface area contributed by atoms with Gasteiger partial charge >= 0.3 is 206 Å². The van der Waals surface area contributed by atoms with Crippen molar-refractivity contribution >= 4 is 28.5 Å². The van der Waals surface area contributed by atoms with E-state index in [1.54, 1.807) is 0 Å². The molecule has 32 heavy (non-hydrogen) atoms. The van der Waals surface area contributed by atoms with Gasteiger partial charge in [0.25, 0.3) is 0 Å². The molecule has 4 heteroatoms. The van der Waals surface area contributed by atoms with Crippen LogP contribution in [0, 0.1) is 0 Å². The predicted octanol–water partition coefficient (Wildman–Crippen LogP) is 7.32. The second-order valence-corrected chi connectivity index (χ2v) is 16.8. The molecule has 2 N–H and O–H groups in total. The van der Waals surface area contributed by atoms with E-state index >= 15 is 0 Å². The Hall–Kier alpha value is -1.09. The molecule has 0 aliphatic carbocycles. The fourth-order valence-electron chi connectivity index (χ4n) is 3.70. The van der Waals surface area contributed by atoms with Crippen LogP contribution in [0.1, 0.15) is 105 Å². The Bertz CT molecular complexity index is 829. The molecule has 0 atom stereocenters. The molecule has 2 aromatic carbocycles. The van der Waals surface area contributed by atoms with E-state index in [2.05, 4.69) is 107 Å². The Morgan fingerprint density at radius 2 is 0.812 bits per heavy atom. The van der Waals surface area contributed by atoms with Crippen molar-refractivity contribution in [1.29, 1.82) is 0 Å². The topological polar surface area (TPSA) is 40.5 Å². The fourth-order valence-corrected chi connectivity index (χ4v) is 7.23. The molecule has 0 fully saturated rings. The first-order valence-corrected chi connectivity index (χ1v) is 15.0. The summed E-state index contributed by atoms with van der Waals surface area (Å²) in [5, 5.41) is 22.0. The summed E-state index contributed by atoms with van der Waals surface area (Å²) in [4.78, 5) is 1.19. The zero-order valence-corrected chi connectivity index (χ0v) is 24.5. The van der Waals surface area contributed by atoms with Crippen molar-refractivity contribution in [2.45, 2.75) is 110 Å². The van der Waals surface area contributed by atoms with Crippen LogP contribution in [-0.2, 0) is 21.7 Å². The van der Waals surface area contributed by atoms with Crippen LogP contribution in [0.4, 0.5) is 0 Å². The molecule has 0 aliphatic rings. The average molecular weight is 522 g/mol. The molecule has 178 valence electrons. The molecule has 0 radical (unpaired) electrons. The third-order valence-electron chi connectivity index (χ3n) is 5.63. The van der Waals surface area contributed by atoms with E-state index < -0.39 is 0 Å². The van der Waals surface area contributed by atoms with Gasteiger partial charge in [-0.1, -0.05) is 0 Å². The van der Waals surface area contributed by atoms with Crippen molar-refractivity contribution in [3.63, 3.8) is 0 Å². The number of aromatic hydroxyl groups is 2. The van der Waals surface area contributed by atoms with Gasteiger partial charge in [0.2, 0.25) is 0 Å². The minimum atomic E-state index is -0.134. The van der Waals surface area contributed by atoms with Crippen LogP contribution in [0.5, 0.6) is 11.5 Å². The average Bonchev–Trinajstić information content (AvgIpc) is 2.57. The third kappa shape index (κ3) is 6.27. The van der Waals surface area contributed by atoms with Crippen LogP contribution in [-0.4, -0.2) is 24.0 Å². The van der Waals surface area contributed by atoms with Crippen LogP contribution in [0.3, 0.4) is 0 Å².